The van der Waals surface area contributed by atoms with Gasteiger partial charge in [-0.3, -0.25) is 19.3 Å². The molecule has 0 aromatic heterocycles. The number of halogens is 1. The van der Waals surface area contributed by atoms with E-state index in [0.29, 0.717) is 10.6 Å². The van der Waals surface area contributed by atoms with Crippen LogP contribution in [0.2, 0.25) is 5.02 Å². The van der Waals surface area contributed by atoms with E-state index in [2.05, 4.69) is 0 Å². The lowest BCUT2D eigenvalue weighted by Crippen LogP contribution is -2.34. The lowest BCUT2D eigenvalue weighted by molar-refractivity contribution is -0.147. The molecule has 0 spiro atoms. The van der Waals surface area contributed by atoms with Gasteiger partial charge in [-0.15, -0.1) is 0 Å². The number of carbonyl (C=O) groups excluding carboxylic acids is 3. The van der Waals surface area contributed by atoms with Gasteiger partial charge in [-0.2, -0.15) is 0 Å². The molecule has 23 heavy (non-hydrogen) atoms. The van der Waals surface area contributed by atoms with Crippen molar-refractivity contribution >= 4 is 46.6 Å². The van der Waals surface area contributed by atoms with E-state index in [9.17, 15) is 14.4 Å². The van der Waals surface area contributed by atoms with Gasteiger partial charge in [0.1, 0.15) is 6.54 Å². The van der Waals surface area contributed by atoms with Crippen molar-refractivity contribution in [2.24, 2.45) is 5.92 Å². The van der Waals surface area contributed by atoms with Crippen LogP contribution in [-0.4, -0.2) is 35.2 Å². The van der Waals surface area contributed by atoms with Crippen LogP contribution in [-0.2, 0) is 14.3 Å². The second kappa shape index (κ2) is 7.66. The highest BCUT2D eigenvalue weighted by Crippen LogP contribution is 2.32. The third kappa shape index (κ3) is 4.84. The second-order valence-corrected chi connectivity index (χ2v) is 6.83. The Kier molecular flexibility index (Phi) is 5.85. The zero-order valence-corrected chi connectivity index (χ0v) is 14.3. The summed E-state index contributed by atoms with van der Waals surface area (Å²) >= 11 is 6.69. The summed E-state index contributed by atoms with van der Waals surface area (Å²) in [6.45, 7) is 3.69. The van der Waals surface area contributed by atoms with Gasteiger partial charge in [0.2, 0.25) is 0 Å². The Morgan fingerprint density at radius 2 is 2.13 bits per heavy atom. The third-order valence-electron chi connectivity index (χ3n) is 2.88. The van der Waals surface area contributed by atoms with Crippen LogP contribution in [0.15, 0.2) is 29.2 Å². The van der Waals surface area contributed by atoms with Crippen LogP contribution in [0, 0.1) is 5.92 Å². The number of hydrogen-bond acceptors (Lipinski definition) is 5. The number of ether oxygens (including phenoxy) is 1. The van der Waals surface area contributed by atoms with Crippen LogP contribution in [0.1, 0.15) is 19.4 Å². The minimum absolute atomic E-state index is 0.191. The second-order valence-electron chi connectivity index (χ2n) is 5.40. The van der Waals surface area contributed by atoms with Crippen LogP contribution in [0.25, 0.3) is 6.08 Å². The normalized spacial score (nSPS) is 16.5. The molecule has 0 radical (unpaired) electrons. The van der Waals surface area contributed by atoms with Gasteiger partial charge in [0.05, 0.1) is 11.5 Å². The molecular formula is C16H16ClNO4S. The molecule has 5 nitrogen and oxygen atoms in total. The number of hydrogen-bond donors (Lipinski definition) is 0. The summed E-state index contributed by atoms with van der Waals surface area (Å²) in [5.74, 6) is -0.900. The molecule has 1 aliphatic rings. The Morgan fingerprint density at radius 3 is 2.78 bits per heavy atom. The number of imide groups is 1. The number of benzene rings is 1. The Hall–Kier alpha value is -1.79. The molecule has 122 valence electrons. The van der Waals surface area contributed by atoms with Crippen molar-refractivity contribution in [1.29, 1.82) is 0 Å². The highest BCUT2D eigenvalue weighted by atomic mass is 35.5. The Labute approximate surface area is 143 Å². The average Bonchev–Trinajstić information content (AvgIpc) is 2.73. The standard InChI is InChI=1S/C16H16ClNO4S/c1-10(2)9-22-14(19)8-18-15(20)13(23-16(18)21)7-11-4-3-5-12(17)6-11/h3-7,10H,8-9H2,1-2H3/b13-7+. The third-order valence-corrected chi connectivity index (χ3v) is 4.03. The average molecular weight is 354 g/mol. The SMILES string of the molecule is CC(C)COC(=O)CN1C(=O)S/C(=C/c2cccc(Cl)c2)C1=O. The summed E-state index contributed by atoms with van der Waals surface area (Å²) in [5.41, 5.74) is 0.713. The molecule has 1 heterocycles. The molecule has 1 saturated heterocycles. The van der Waals surface area contributed by atoms with Gasteiger partial charge >= 0.3 is 5.97 Å². The molecule has 0 saturated carbocycles. The minimum atomic E-state index is -0.593. The number of rotatable bonds is 5. The zero-order valence-electron chi connectivity index (χ0n) is 12.7. The fraction of sp³-hybridized carbons (Fsp3) is 0.312. The van der Waals surface area contributed by atoms with Gasteiger partial charge in [-0.25, -0.2) is 0 Å². The molecule has 1 fully saturated rings. The van der Waals surface area contributed by atoms with Crippen LogP contribution in [0.3, 0.4) is 0 Å². The van der Waals surface area contributed by atoms with Crippen LogP contribution in [0.4, 0.5) is 4.79 Å². The lowest BCUT2D eigenvalue weighted by Gasteiger charge is -2.12. The topological polar surface area (TPSA) is 63.7 Å². The molecule has 0 aliphatic carbocycles. The van der Waals surface area contributed by atoms with Gasteiger partial charge in [0.25, 0.3) is 11.1 Å². The van der Waals surface area contributed by atoms with Crippen molar-refractivity contribution in [1.82, 2.24) is 4.90 Å². The van der Waals surface area contributed by atoms with E-state index >= 15 is 0 Å². The van der Waals surface area contributed by atoms with Crippen molar-refractivity contribution in [3.8, 4) is 0 Å². The number of thioether (sulfide) groups is 1. The maximum absolute atomic E-state index is 12.3. The van der Waals surface area contributed by atoms with Gasteiger partial charge in [-0.1, -0.05) is 37.6 Å². The first kappa shape index (κ1) is 17.6. The minimum Gasteiger partial charge on any atom is -0.464 e. The molecule has 0 N–H and O–H groups in total. The largest absolute Gasteiger partial charge is 0.464 e. The highest BCUT2D eigenvalue weighted by Gasteiger charge is 2.36. The summed E-state index contributed by atoms with van der Waals surface area (Å²) in [5, 5.41) is 0.0556. The Bertz CT molecular complexity index is 672. The first-order valence-corrected chi connectivity index (χ1v) is 8.23. The molecular weight excluding hydrogens is 338 g/mol. The van der Waals surface area contributed by atoms with Crippen molar-refractivity contribution in [3.05, 3.63) is 39.8 Å². The smallest absolute Gasteiger partial charge is 0.326 e. The van der Waals surface area contributed by atoms with Gasteiger partial charge in [0, 0.05) is 5.02 Å². The molecule has 2 amide bonds. The predicted molar refractivity (Wildman–Crippen MR) is 89.9 cm³/mol. The fourth-order valence-corrected chi connectivity index (χ4v) is 2.86. The molecule has 2 rings (SSSR count). The van der Waals surface area contributed by atoms with Crippen molar-refractivity contribution in [3.63, 3.8) is 0 Å². The number of carbonyl (C=O) groups is 3. The maximum atomic E-state index is 12.3. The molecule has 7 heteroatoms. The van der Waals surface area contributed by atoms with E-state index in [-0.39, 0.29) is 24.0 Å². The quantitative estimate of drug-likeness (QED) is 0.598. The van der Waals surface area contributed by atoms with Gasteiger partial charge in [-0.05, 0) is 41.5 Å². The fourth-order valence-electron chi connectivity index (χ4n) is 1.82. The summed E-state index contributed by atoms with van der Waals surface area (Å²) in [6, 6.07) is 6.93. The van der Waals surface area contributed by atoms with Gasteiger partial charge in [0.15, 0.2) is 0 Å². The van der Waals surface area contributed by atoms with E-state index in [1.807, 2.05) is 13.8 Å². The summed E-state index contributed by atoms with van der Waals surface area (Å²) < 4.78 is 5.00. The predicted octanol–water partition coefficient (Wildman–Crippen LogP) is 3.58. The van der Waals surface area contributed by atoms with Crippen LogP contribution >= 0.6 is 23.4 Å². The van der Waals surface area contributed by atoms with E-state index in [1.54, 1.807) is 30.3 Å². The molecule has 0 unspecified atom stereocenters. The van der Waals surface area contributed by atoms with E-state index in [0.717, 1.165) is 16.7 Å². The lowest BCUT2D eigenvalue weighted by atomic mass is 10.2. The Morgan fingerprint density at radius 1 is 1.39 bits per heavy atom. The van der Waals surface area contributed by atoms with E-state index < -0.39 is 17.1 Å². The van der Waals surface area contributed by atoms with E-state index in [4.69, 9.17) is 16.3 Å². The highest BCUT2D eigenvalue weighted by molar-refractivity contribution is 8.18. The van der Waals surface area contributed by atoms with E-state index in [1.165, 1.54) is 0 Å². The number of amides is 2. The maximum Gasteiger partial charge on any atom is 0.326 e. The monoisotopic (exact) mass is 353 g/mol. The molecule has 0 bridgehead atoms. The van der Waals surface area contributed by atoms with Crippen LogP contribution < -0.4 is 0 Å². The van der Waals surface area contributed by atoms with Crippen molar-refractivity contribution in [2.75, 3.05) is 13.2 Å². The molecule has 1 aliphatic heterocycles. The number of esters is 1. The first-order chi connectivity index (χ1) is 10.9. The summed E-state index contributed by atoms with van der Waals surface area (Å²) in [4.78, 5) is 37.0. The number of nitrogens with zero attached hydrogens (tertiary/aromatic N) is 1. The Balaban J connectivity index is 2.06. The van der Waals surface area contributed by atoms with Crippen molar-refractivity contribution < 1.29 is 19.1 Å². The zero-order chi connectivity index (χ0) is 17.0. The summed E-state index contributed by atoms with van der Waals surface area (Å²) in [6.07, 6.45) is 1.58. The molecule has 1 aromatic carbocycles. The molecule has 0 atom stereocenters. The molecule has 1 aromatic rings. The summed E-state index contributed by atoms with van der Waals surface area (Å²) in [7, 11) is 0. The van der Waals surface area contributed by atoms with Crippen LogP contribution in [0.5, 0.6) is 0 Å². The van der Waals surface area contributed by atoms with Gasteiger partial charge < -0.3 is 4.74 Å². The first-order valence-electron chi connectivity index (χ1n) is 7.03. The van der Waals surface area contributed by atoms with Crippen molar-refractivity contribution in [2.45, 2.75) is 13.8 Å².